The van der Waals surface area contributed by atoms with Gasteiger partial charge in [0.1, 0.15) is 0 Å². The Morgan fingerprint density at radius 2 is 1.87 bits per heavy atom. The molecule has 1 aliphatic rings. The molecule has 0 atom stereocenters. The second-order valence-electron chi connectivity index (χ2n) is 7.29. The number of halogens is 2. The van der Waals surface area contributed by atoms with Crippen molar-refractivity contribution in [2.75, 3.05) is 4.72 Å². The summed E-state index contributed by atoms with van der Waals surface area (Å²) in [4.78, 5) is 19.1. The number of amides is 1. The maximum Gasteiger partial charge on any atom is 0.261 e. The van der Waals surface area contributed by atoms with Gasteiger partial charge in [0.2, 0.25) is 0 Å². The molecule has 9 heteroatoms. The minimum absolute atomic E-state index is 0.0187. The molecule has 1 fully saturated rings. The highest BCUT2D eigenvalue weighted by Crippen LogP contribution is 2.31. The van der Waals surface area contributed by atoms with Crippen LogP contribution in [0.4, 0.5) is 5.69 Å². The number of rotatable bonds is 7. The van der Waals surface area contributed by atoms with Crippen molar-refractivity contribution in [3.05, 3.63) is 88.2 Å². The van der Waals surface area contributed by atoms with E-state index in [1.165, 1.54) is 24.3 Å². The maximum absolute atomic E-state index is 13.2. The van der Waals surface area contributed by atoms with Crippen LogP contribution in [0.1, 0.15) is 28.8 Å². The summed E-state index contributed by atoms with van der Waals surface area (Å²) in [6, 6.07) is 14.5. The lowest BCUT2D eigenvalue weighted by Gasteiger charge is -2.23. The van der Waals surface area contributed by atoms with Crippen LogP contribution in [0.3, 0.4) is 0 Å². The summed E-state index contributed by atoms with van der Waals surface area (Å²) >= 11 is 11.8. The molecule has 2 aromatic carbocycles. The zero-order chi connectivity index (χ0) is 22.0. The Morgan fingerprint density at radius 3 is 2.55 bits per heavy atom. The molecule has 31 heavy (non-hydrogen) atoms. The summed E-state index contributed by atoms with van der Waals surface area (Å²) in [6.45, 7) is 0.455. The minimum Gasteiger partial charge on any atom is -0.331 e. The number of carbonyl (C=O) groups is 1. The van der Waals surface area contributed by atoms with Crippen molar-refractivity contribution in [1.82, 2.24) is 9.88 Å². The van der Waals surface area contributed by atoms with Crippen molar-refractivity contribution in [3.8, 4) is 0 Å². The predicted octanol–water partition coefficient (Wildman–Crippen LogP) is 4.99. The molecule has 6 nitrogen and oxygen atoms in total. The van der Waals surface area contributed by atoms with Gasteiger partial charge < -0.3 is 4.90 Å². The maximum atomic E-state index is 13.2. The Morgan fingerprint density at radius 1 is 1.06 bits per heavy atom. The molecular formula is C22H19Cl2N3O3S. The van der Waals surface area contributed by atoms with E-state index in [1.807, 2.05) is 17.0 Å². The van der Waals surface area contributed by atoms with Gasteiger partial charge >= 0.3 is 0 Å². The monoisotopic (exact) mass is 475 g/mol. The lowest BCUT2D eigenvalue weighted by Crippen LogP contribution is -2.32. The largest absolute Gasteiger partial charge is 0.331 e. The van der Waals surface area contributed by atoms with Gasteiger partial charge in [-0.15, -0.1) is 0 Å². The number of hydrogen-bond acceptors (Lipinski definition) is 4. The quantitative estimate of drug-likeness (QED) is 0.521. The summed E-state index contributed by atoms with van der Waals surface area (Å²) in [7, 11) is -3.89. The average molecular weight is 476 g/mol. The zero-order valence-electron chi connectivity index (χ0n) is 16.3. The number of aromatic nitrogens is 1. The van der Waals surface area contributed by atoms with Crippen LogP contribution >= 0.6 is 23.2 Å². The van der Waals surface area contributed by atoms with Gasteiger partial charge in [-0.2, -0.15) is 0 Å². The topological polar surface area (TPSA) is 79.4 Å². The van der Waals surface area contributed by atoms with Gasteiger partial charge in [-0.1, -0.05) is 35.3 Å². The number of nitrogens with one attached hydrogen (secondary N) is 1. The highest BCUT2D eigenvalue weighted by molar-refractivity contribution is 7.92. The molecule has 1 amide bonds. The Hall–Kier alpha value is -2.61. The first-order valence-corrected chi connectivity index (χ1v) is 11.9. The molecule has 1 heterocycles. The van der Waals surface area contributed by atoms with Crippen molar-refractivity contribution >= 4 is 44.8 Å². The van der Waals surface area contributed by atoms with Gasteiger partial charge in [0.15, 0.2) is 0 Å². The number of sulfonamides is 1. The third kappa shape index (κ3) is 5.18. The third-order valence-electron chi connectivity index (χ3n) is 4.89. The van der Waals surface area contributed by atoms with E-state index in [1.54, 1.807) is 30.6 Å². The first kappa shape index (κ1) is 21.6. The van der Waals surface area contributed by atoms with Crippen LogP contribution in [0.2, 0.25) is 10.0 Å². The number of hydrogen-bond donors (Lipinski definition) is 1. The Kier molecular flexibility index (Phi) is 6.18. The summed E-state index contributed by atoms with van der Waals surface area (Å²) in [6.07, 6.45) is 5.34. The number of pyridine rings is 1. The highest BCUT2D eigenvalue weighted by Gasteiger charge is 2.33. The Balaban J connectivity index is 1.55. The lowest BCUT2D eigenvalue weighted by atomic mass is 10.1. The van der Waals surface area contributed by atoms with Gasteiger partial charge in [-0.05, 0) is 60.9 Å². The Labute approximate surface area is 190 Å². The average Bonchev–Trinajstić information content (AvgIpc) is 3.59. The van der Waals surface area contributed by atoms with E-state index >= 15 is 0 Å². The molecular weight excluding hydrogens is 457 g/mol. The van der Waals surface area contributed by atoms with Crippen LogP contribution in [0.5, 0.6) is 0 Å². The molecule has 0 bridgehead atoms. The van der Waals surface area contributed by atoms with Crippen LogP contribution in [-0.2, 0) is 16.6 Å². The molecule has 1 aliphatic carbocycles. The van der Waals surface area contributed by atoms with Gasteiger partial charge in [0, 0.05) is 36.2 Å². The molecule has 3 aromatic rings. The van der Waals surface area contributed by atoms with Crippen molar-refractivity contribution in [2.24, 2.45) is 0 Å². The standard InChI is InChI=1S/C22H19Cl2N3O3S/c23-20-9-8-19(12-21(20)24)31(29,30)26-17-5-1-4-16(11-17)22(28)27(18-6-7-18)14-15-3-2-10-25-13-15/h1-5,8-13,18,26H,6-7,14H2. The summed E-state index contributed by atoms with van der Waals surface area (Å²) in [5.41, 5.74) is 1.64. The fourth-order valence-electron chi connectivity index (χ4n) is 3.18. The number of benzene rings is 2. The van der Waals surface area contributed by atoms with Crippen LogP contribution in [0, 0.1) is 0 Å². The molecule has 0 unspecified atom stereocenters. The van der Waals surface area contributed by atoms with E-state index in [-0.39, 0.29) is 32.6 Å². The molecule has 160 valence electrons. The van der Waals surface area contributed by atoms with Gasteiger partial charge in [-0.3, -0.25) is 14.5 Å². The lowest BCUT2D eigenvalue weighted by molar-refractivity contribution is 0.0730. The minimum atomic E-state index is -3.89. The Bertz CT molecular complexity index is 1220. The molecule has 4 rings (SSSR count). The fourth-order valence-corrected chi connectivity index (χ4v) is 4.62. The van der Waals surface area contributed by atoms with E-state index in [9.17, 15) is 13.2 Å². The molecule has 0 aliphatic heterocycles. The van der Waals surface area contributed by atoms with E-state index in [0.717, 1.165) is 18.4 Å². The third-order valence-corrected chi connectivity index (χ3v) is 7.01. The summed E-state index contributed by atoms with van der Waals surface area (Å²) in [5.74, 6) is -0.151. The number of nitrogens with zero attached hydrogens (tertiary/aromatic N) is 2. The van der Waals surface area contributed by atoms with Crippen LogP contribution in [0.15, 0.2) is 71.9 Å². The van der Waals surface area contributed by atoms with Crippen molar-refractivity contribution in [3.63, 3.8) is 0 Å². The van der Waals surface area contributed by atoms with Gasteiger partial charge in [0.05, 0.1) is 14.9 Å². The van der Waals surface area contributed by atoms with Crippen molar-refractivity contribution in [2.45, 2.75) is 30.3 Å². The number of carbonyl (C=O) groups excluding carboxylic acids is 1. The molecule has 0 saturated heterocycles. The van der Waals surface area contributed by atoms with Crippen molar-refractivity contribution in [1.29, 1.82) is 0 Å². The van der Waals surface area contributed by atoms with Crippen molar-refractivity contribution < 1.29 is 13.2 Å². The molecule has 0 spiro atoms. The normalized spacial score (nSPS) is 13.6. The summed E-state index contributed by atoms with van der Waals surface area (Å²) < 4.78 is 27.9. The first-order valence-electron chi connectivity index (χ1n) is 9.61. The molecule has 0 radical (unpaired) electrons. The van der Waals surface area contributed by atoms with E-state index < -0.39 is 10.0 Å². The highest BCUT2D eigenvalue weighted by atomic mass is 35.5. The second-order valence-corrected chi connectivity index (χ2v) is 9.78. The van der Waals surface area contributed by atoms with Gasteiger partial charge in [-0.25, -0.2) is 8.42 Å². The molecule has 1 aromatic heterocycles. The smallest absolute Gasteiger partial charge is 0.261 e. The van der Waals surface area contributed by atoms with E-state index in [2.05, 4.69) is 9.71 Å². The fraction of sp³-hybridized carbons (Fsp3) is 0.182. The SMILES string of the molecule is O=C(c1cccc(NS(=O)(=O)c2ccc(Cl)c(Cl)c2)c1)N(Cc1cccnc1)C1CC1. The van der Waals surface area contributed by atoms with Crippen LogP contribution < -0.4 is 4.72 Å². The van der Waals surface area contributed by atoms with Crippen LogP contribution in [0.25, 0.3) is 0 Å². The number of anilines is 1. The molecule has 1 N–H and O–H groups in total. The van der Waals surface area contributed by atoms with Crippen LogP contribution in [-0.4, -0.2) is 30.3 Å². The summed E-state index contributed by atoms with van der Waals surface area (Å²) in [5, 5.41) is 0.408. The zero-order valence-corrected chi connectivity index (χ0v) is 18.7. The van der Waals surface area contributed by atoms with E-state index in [4.69, 9.17) is 23.2 Å². The van der Waals surface area contributed by atoms with Gasteiger partial charge in [0.25, 0.3) is 15.9 Å². The second kappa shape index (κ2) is 8.86. The first-order chi connectivity index (χ1) is 14.8. The molecule has 1 saturated carbocycles. The van der Waals surface area contributed by atoms with E-state index in [0.29, 0.717) is 12.1 Å². The predicted molar refractivity (Wildman–Crippen MR) is 121 cm³/mol.